The highest BCUT2D eigenvalue weighted by Gasteiger charge is 2.36. The normalized spacial score (nSPS) is 28.0. The smallest absolute Gasteiger partial charge is 0.381 e. The van der Waals surface area contributed by atoms with Crippen LogP contribution in [0.2, 0.25) is 0 Å². The number of carbonyl (C=O) groups is 1. The average Bonchev–Trinajstić information content (AvgIpc) is 3.22. The second-order valence-electron chi connectivity index (χ2n) is 9.52. The standard InChI is InChI=1S/C22H29F3N2O2.C3H8/c1-14-13-29-9-7-20(14)26-19-5-3-16(11-19)21(28)27-8-6-15-2-4-18(22(23,24)25)10-17(15)12-27;1-3-2/h2,4,10,14,16,19-20,26H,3,5-9,11-13H2,1H3;3H2,1-2H3. The first kappa shape index (κ1) is 25.0. The van der Waals surface area contributed by atoms with Gasteiger partial charge in [0, 0.05) is 37.7 Å². The molecule has 180 valence electrons. The molecule has 0 bridgehead atoms. The minimum Gasteiger partial charge on any atom is -0.381 e. The predicted octanol–water partition coefficient (Wildman–Crippen LogP) is 5.19. The molecule has 4 atom stereocenters. The van der Waals surface area contributed by atoms with E-state index < -0.39 is 11.7 Å². The summed E-state index contributed by atoms with van der Waals surface area (Å²) in [6.45, 7) is 8.87. The Morgan fingerprint density at radius 1 is 1.19 bits per heavy atom. The highest BCUT2D eigenvalue weighted by Crippen LogP contribution is 2.34. The number of carbonyl (C=O) groups excluding carboxylic acids is 1. The van der Waals surface area contributed by atoms with Crippen LogP contribution in [-0.2, 0) is 28.7 Å². The van der Waals surface area contributed by atoms with Crippen LogP contribution in [0.15, 0.2) is 18.2 Å². The molecule has 7 heteroatoms. The zero-order valence-corrected chi connectivity index (χ0v) is 19.5. The van der Waals surface area contributed by atoms with Crippen LogP contribution < -0.4 is 5.32 Å². The Bertz CT molecular complexity index is 768. The maximum atomic E-state index is 13.1. The van der Waals surface area contributed by atoms with Crippen LogP contribution in [0, 0.1) is 11.8 Å². The summed E-state index contributed by atoms with van der Waals surface area (Å²) in [7, 11) is 0. The predicted molar refractivity (Wildman–Crippen MR) is 119 cm³/mol. The van der Waals surface area contributed by atoms with Crippen LogP contribution in [-0.4, -0.2) is 42.6 Å². The van der Waals surface area contributed by atoms with Gasteiger partial charge in [-0.15, -0.1) is 0 Å². The quantitative estimate of drug-likeness (QED) is 0.684. The van der Waals surface area contributed by atoms with E-state index in [9.17, 15) is 18.0 Å². The molecule has 1 aromatic rings. The zero-order valence-electron chi connectivity index (χ0n) is 19.5. The van der Waals surface area contributed by atoms with Crippen molar-refractivity contribution in [1.82, 2.24) is 10.2 Å². The molecule has 0 radical (unpaired) electrons. The SMILES string of the molecule is CC1COCCC1NC1CCC(C(=O)N2CCc3ccc(C(F)(F)F)cc3C2)C1.CCC. The van der Waals surface area contributed by atoms with Gasteiger partial charge in [0.05, 0.1) is 12.2 Å². The molecule has 3 aliphatic rings. The zero-order chi connectivity index (χ0) is 23.3. The molecule has 1 N–H and O–H groups in total. The Morgan fingerprint density at radius 2 is 1.94 bits per heavy atom. The Hall–Kier alpha value is -1.60. The van der Waals surface area contributed by atoms with E-state index in [1.54, 1.807) is 11.0 Å². The van der Waals surface area contributed by atoms with Gasteiger partial charge in [0.25, 0.3) is 0 Å². The lowest BCUT2D eigenvalue weighted by atomic mass is 9.95. The summed E-state index contributed by atoms with van der Waals surface area (Å²) < 4.78 is 44.6. The second kappa shape index (κ2) is 11.0. The fraction of sp³-hybridized carbons (Fsp3) is 0.720. The summed E-state index contributed by atoms with van der Waals surface area (Å²) in [6.07, 6.45) is 1.15. The number of rotatable bonds is 3. The number of alkyl halides is 3. The maximum Gasteiger partial charge on any atom is 0.416 e. The fourth-order valence-electron chi connectivity index (χ4n) is 4.97. The first-order chi connectivity index (χ1) is 15.2. The Kier molecular flexibility index (Phi) is 8.62. The van der Waals surface area contributed by atoms with Gasteiger partial charge >= 0.3 is 6.18 Å². The molecule has 1 amide bonds. The number of hydrogen-bond acceptors (Lipinski definition) is 3. The van der Waals surface area contributed by atoms with Crippen molar-refractivity contribution >= 4 is 5.91 Å². The van der Waals surface area contributed by atoms with E-state index in [0.29, 0.717) is 36.5 Å². The average molecular weight is 455 g/mol. The van der Waals surface area contributed by atoms with Crippen LogP contribution in [0.4, 0.5) is 13.2 Å². The van der Waals surface area contributed by atoms with Crippen LogP contribution >= 0.6 is 0 Å². The Labute approximate surface area is 189 Å². The van der Waals surface area contributed by atoms with Crippen LogP contribution in [0.1, 0.15) is 69.6 Å². The second-order valence-corrected chi connectivity index (χ2v) is 9.52. The van der Waals surface area contributed by atoms with E-state index in [2.05, 4.69) is 26.1 Å². The van der Waals surface area contributed by atoms with E-state index in [0.717, 1.165) is 50.5 Å². The molecule has 4 rings (SSSR count). The largest absolute Gasteiger partial charge is 0.416 e. The molecule has 32 heavy (non-hydrogen) atoms. The van der Waals surface area contributed by atoms with Crippen molar-refractivity contribution in [3.05, 3.63) is 34.9 Å². The van der Waals surface area contributed by atoms with Gasteiger partial charge in [-0.05, 0) is 61.3 Å². The maximum absolute atomic E-state index is 13.1. The molecule has 1 saturated heterocycles. The fourth-order valence-corrected chi connectivity index (χ4v) is 4.97. The van der Waals surface area contributed by atoms with E-state index in [1.165, 1.54) is 12.5 Å². The lowest BCUT2D eigenvalue weighted by molar-refractivity contribution is -0.137. The van der Waals surface area contributed by atoms with E-state index in [4.69, 9.17) is 4.74 Å². The number of fused-ring (bicyclic) bond motifs is 1. The van der Waals surface area contributed by atoms with Crippen molar-refractivity contribution in [3.63, 3.8) is 0 Å². The number of benzene rings is 1. The molecular formula is C25H37F3N2O2. The van der Waals surface area contributed by atoms with Gasteiger partial charge in [-0.3, -0.25) is 4.79 Å². The van der Waals surface area contributed by atoms with Crippen LogP contribution in [0.3, 0.4) is 0 Å². The molecule has 2 fully saturated rings. The third-order valence-electron chi connectivity index (χ3n) is 6.73. The summed E-state index contributed by atoms with van der Waals surface area (Å²) >= 11 is 0. The molecule has 4 nitrogen and oxygen atoms in total. The van der Waals surface area contributed by atoms with Gasteiger partial charge in [-0.1, -0.05) is 33.3 Å². The summed E-state index contributed by atoms with van der Waals surface area (Å²) in [5.41, 5.74) is 0.908. The molecule has 4 unspecified atom stereocenters. The number of amides is 1. The van der Waals surface area contributed by atoms with Gasteiger partial charge < -0.3 is 15.0 Å². The van der Waals surface area contributed by atoms with Crippen molar-refractivity contribution in [1.29, 1.82) is 0 Å². The summed E-state index contributed by atoms with van der Waals surface area (Å²) in [4.78, 5) is 14.8. The summed E-state index contributed by atoms with van der Waals surface area (Å²) in [6, 6.07) is 4.68. The number of ether oxygens (including phenoxy) is 1. The van der Waals surface area contributed by atoms with Crippen molar-refractivity contribution in [3.8, 4) is 0 Å². The van der Waals surface area contributed by atoms with E-state index in [-0.39, 0.29) is 18.4 Å². The van der Waals surface area contributed by atoms with E-state index >= 15 is 0 Å². The molecule has 1 saturated carbocycles. The first-order valence-electron chi connectivity index (χ1n) is 12.0. The minimum atomic E-state index is -4.35. The van der Waals surface area contributed by atoms with Crippen molar-refractivity contribution in [2.24, 2.45) is 11.8 Å². The lowest BCUT2D eigenvalue weighted by Crippen LogP contribution is -2.46. The number of halogens is 3. The number of nitrogens with one attached hydrogen (secondary N) is 1. The van der Waals surface area contributed by atoms with Gasteiger partial charge in [-0.25, -0.2) is 0 Å². The van der Waals surface area contributed by atoms with Crippen molar-refractivity contribution < 1.29 is 22.7 Å². The highest BCUT2D eigenvalue weighted by molar-refractivity contribution is 5.79. The van der Waals surface area contributed by atoms with Crippen molar-refractivity contribution in [2.75, 3.05) is 19.8 Å². The van der Waals surface area contributed by atoms with Gasteiger partial charge in [-0.2, -0.15) is 13.2 Å². The lowest BCUT2D eigenvalue weighted by Gasteiger charge is -2.33. The summed E-state index contributed by atoms with van der Waals surface area (Å²) in [5, 5.41) is 3.72. The van der Waals surface area contributed by atoms with Crippen molar-refractivity contribution in [2.45, 2.75) is 84.1 Å². The van der Waals surface area contributed by atoms with Gasteiger partial charge in [0.2, 0.25) is 5.91 Å². The molecule has 0 aromatic heterocycles. The molecule has 2 heterocycles. The molecule has 0 spiro atoms. The van der Waals surface area contributed by atoms with Crippen LogP contribution in [0.5, 0.6) is 0 Å². The summed E-state index contributed by atoms with van der Waals surface area (Å²) in [5.74, 6) is 0.535. The van der Waals surface area contributed by atoms with Crippen LogP contribution in [0.25, 0.3) is 0 Å². The molecule has 1 aromatic carbocycles. The Morgan fingerprint density at radius 3 is 2.62 bits per heavy atom. The Balaban J connectivity index is 0.000000913. The van der Waals surface area contributed by atoms with Gasteiger partial charge in [0.15, 0.2) is 0 Å². The molecule has 2 aliphatic heterocycles. The third-order valence-corrected chi connectivity index (χ3v) is 6.73. The van der Waals surface area contributed by atoms with Gasteiger partial charge in [0.1, 0.15) is 0 Å². The highest BCUT2D eigenvalue weighted by atomic mass is 19.4. The van der Waals surface area contributed by atoms with E-state index in [1.807, 2.05) is 0 Å². The number of nitrogens with zero attached hydrogens (tertiary/aromatic N) is 1. The third kappa shape index (κ3) is 6.25. The molecular weight excluding hydrogens is 417 g/mol. The first-order valence-corrected chi connectivity index (χ1v) is 12.0. The number of hydrogen-bond donors (Lipinski definition) is 1. The topological polar surface area (TPSA) is 41.6 Å². The minimum absolute atomic E-state index is 0.0324. The molecule has 1 aliphatic carbocycles. The monoisotopic (exact) mass is 454 g/mol.